The molecule has 1 N–H and O–H groups in total. The van der Waals surface area contributed by atoms with Crippen molar-refractivity contribution in [3.63, 3.8) is 0 Å². The van der Waals surface area contributed by atoms with Crippen molar-refractivity contribution in [3.05, 3.63) is 41.5 Å². The number of halogens is 3. The molecule has 3 aromatic rings. The van der Waals surface area contributed by atoms with Gasteiger partial charge in [-0.2, -0.15) is 13.2 Å². The molecular weight excluding hydrogens is 413 g/mol. The highest BCUT2D eigenvalue weighted by molar-refractivity contribution is 8.00. The highest BCUT2D eigenvalue weighted by Crippen LogP contribution is 2.33. The number of hydrogen-bond donors (Lipinski definition) is 1. The average Bonchev–Trinajstić information content (AvgIpc) is 3.16. The molecule has 146 valence electrons. The summed E-state index contributed by atoms with van der Waals surface area (Å²) in [6.07, 6.45) is -2.64. The number of nitrogens with zero attached hydrogens (tertiary/aromatic N) is 5. The van der Waals surface area contributed by atoms with Crippen molar-refractivity contribution in [2.24, 2.45) is 0 Å². The van der Waals surface area contributed by atoms with E-state index in [1.165, 1.54) is 0 Å². The number of carbonyl (C=O) groups excluding carboxylic acids is 1. The van der Waals surface area contributed by atoms with Crippen LogP contribution in [-0.4, -0.2) is 36.5 Å². The lowest BCUT2D eigenvalue weighted by atomic mass is 10.2. The van der Waals surface area contributed by atoms with Crippen molar-refractivity contribution in [1.82, 2.24) is 25.4 Å². The van der Waals surface area contributed by atoms with Crippen LogP contribution in [0.3, 0.4) is 0 Å². The molecule has 0 bridgehead atoms. The highest BCUT2D eigenvalue weighted by Gasteiger charge is 2.36. The first-order chi connectivity index (χ1) is 13.4. The molecule has 0 saturated heterocycles. The Morgan fingerprint density at radius 3 is 2.50 bits per heavy atom. The molecule has 1 amide bonds. The second-order valence-corrected chi connectivity index (χ2v) is 7.55. The normalized spacial score (nSPS) is 12.6. The summed E-state index contributed by atoms with van der Waals surface area (Å²) >= 11 is 1.34. The third kappa shape index (κ3) is 5.01. The summed E-state index contributed by atoms with van der Waals surface area (Å²) < 4.78 is 37.7. The van der Waals surface area contributed by atoms with Crippen molar-refractivity contribution >= 4 is 34.1 Å². The van der Waals surface area contributed by atoms with Crippen LogP contribution in [-0.2, 0) is 11.0 Å². The van der Waals surface area contributed by atoms with Gasteiger partial charge in [0.1, 0.15) is 5.69 Å². The number of hydrogen-bond acceptors (Lipinski definition) is 8. The van der Waals surface area contributed by atoms with Crippen LogP contribution in [0.25, 0.3) is 11.3 Å². The quantitative estimate of drug-likeness (QED) is 0.597. The highest BCUT2D eigenvalue weighted by atomic mass is 32.2. The van der Waals surface area contributed by atoms with Crippen LogP contribution in [0.2, 0.25) is 0 Å². The van der Waals surface area contributed by atoms with E-state index in [-0.39, 0.29) is 21.6 Å². The maximum Gasteiger partial charge on any atom is 0.445 e. The summed E-state index contributed by atoms with van der Waals surface area (Å²) in [5, 5.41) is 15.2. The van der Waals surface area contributed by atoms with Crippen LogP contribution in [0.4, 0.5) is 18.3 Å². The topological polar surface area (TPSA) is 93.5 Å². The van der Waals surface area contributed by atoms with Gasteiger partial charge in [0.15, 0.2) is 0 Å². The third-order valence-electron chi connectivity index (χ3n) is 3.42. The van der Waals surface area contributed by atoms with E-state index < -0.39 is 22.3 Å². The van der Waals surface area contributed by atoms with Crippen LogP contribution < -0.4 is 5.32 Å². The molecule has 0 aliphatic carbocycles. The standard InChI is InChI=1S/C16H13F3N6OS2/c1-2-11(12(26)21-15-25-23-13(28-15)16(17,18)19)27-14-20-8-10(22-24-14)9-6-4-3-5-7-9/h3-8,11H,2H2,1H3,(H,21,25,26)/t11-/m1/s1. The largest absolute Gasteiger partial charge is 0.445 e. The van der Waals surface area contributed by atoms with Crippen molar-refractivity contribution in [2.45, 2.75) is 29.9 Å². The Kier molecular flexibility index (Phi) is 6.19. The monoisotopic (exact) mass is 426 g/mol. The van der Waals surface area contributed by atoms with Crippen LogP contribution in [0.1, 0.15) is 18.4 Å². The number of aromatic nitrogens is 5. The molecule has 0 radical (unpaired) electrons. The van der Waals surface area contributed by atoms with Gasteiger partial charge in [-0.25, -0.2) is 4.98 Å². The van der Waals surface area contributed by atoms with Crippen molar-refractivity contribution in [1.29, 1.82) is 0 Å². The van der Waals surface area contributed by atoms with Crippen LogP contribution >= 0.6 is 23.1 Å². The predicted molar refractivity (Wildman–Crippen MR) is 98.7 cm³/mol. The van der Waals surface area contributed by atoms with E-state index in [0.717, 1.165) is 17.3 Å². The smallest absolute Gasteiger partial charge is 0.300 e. The lowest BCUT2D eigenvalue weighted by Crippen LogP contribution is -2.24. The first-order valence-corrected chi connectivity index (χ1v) is 9.69. The summed E-state index contributed by atoms with van der Waals surface area (Å²) in [5.41, 5.74) is 1.46. The summed E-state index contributed by atoms with van der Waals surface area (Å²) in [7, 11) is 0. The zero-order valence-corrected chi connectivity index (χ0v) is 16.0. The minimum absolute atomic E-state index is 0.213. The Morgan fingerprint density at radius 2 is 1.93 bits per heavy atom. The first-order valence-electron chi connectivity index (χ1n) is 8.00. The maximum atomic E-state index is 12.6. The van der Waals surface area contributed by atoms with E-state index in [2.05, 4.69) is 30.7 Å². The Hall–Kier alpha value is -2.60. The van der Waals surface area contributed by atoms with Crippen LogP contribution in [0, 0.1) is 0 Å². The molecule has 0 aliphatic heterocycles. The van der Waals surface area contributed by atoms with Gasteiger partial charge in [0.2, 0.25) is 21.2 Å². The number of anilines is 1. The Morgan fingerprint density at radius 1 is 1.18 bits per heavy atom. The lowest BCUT2D eigenvalue weighted by molar-refractivity contribution is -0.138. The van der Waals surface area contributed by atoms with Gasteiger partial charge in [0, 0.05) is 5.56 Å². The molecule has 1 atom stereocenters. The third-order valence-corrected chi connectivity index (χ3v) is 5.53. The average molecular weight is 426 g/mol. The molecule has 0 fully saturated rings. The van der Waals surface area contributed by atoms with E-state index in [9.17, 15) is 18.0 Å². The second kappa shape index (κ2) is 8.61. The molecule has 2 aromatic heterocycles. The van der Waals surface area contributed by atoms with Gasteiger partial charge in [-0.3, -0.25) is 10.1 Å². The lowest BCUT2D eigenvalue weighted by Gasteiger charge is -2.11. The van der Waals surface area contributed by atoms with Gasteiger partial charge in [0.25, 0.3) is 0 Å². The maximum absolute atomic E-state index is 12.6. The number of rotatable bonds is 6. The van der Waals surface area contributed by atoms with Crippen molar-refractivity contribution < 1.29 is 18.0 Å². The second-order valence-electron chi connectivity index (χ2n) is 5.41. The molecule has 7 nitrogen and oxygen atoms in total. The Balaban J connectivity index is 1.65. The molecule has 0 saturated carbocycles. The molecule has 0 aliphatic rings. The summed E-state index contributed by atoms with van der Waals surface area (Å²) in [6.45, 7) is 1.77. The van der Waals surface area contributed by atoms with Crippen molar-refractivity contribution in [2.75, 3.05) is 5.32 Å². The fourth-order valence-electron chi connectivity index (χ4n) is 2.08. The molecule has 12 heteroatoms. The molecule has 2 heterocycles. The molecule has 0 unspecified atom stereocenters. The van der Waals surface area contributed by atoms with Gasteiger partial charge < -0.3 is 0 Å². The van der Waals surface area contributed by atoms with Gasteiger partial charge in [-0.05, 0) is 6.42 Å². The molecule has 3 rings (SSSR count). The van der Waals surface area contributed by atoms with Gasteiger partial charge in [-0.15, -0.1) is 20.4 Å². The number of thioether (sulfide) groups is 1. The fourth-order valence-corrected chi connectivity index (χ4v) is 3.49. The molecule has 0 spiro atoms. The molecule has 1 aromatic carbocycles. The van der Waals surface area contributed by atoms with Crippen LogP contribution in [0.15, 0.2) is 41.7 Å². The van der Waals surface area contributed by atoms with E-state index in [1.54, 1.807) is 13.1 Å². The molecule has 28 heavy (non-hydrogen) atoms. The van der Waals surface area contributed by atoms with E-state index in [1.807, 2.05) is 30.3 Å². The van der Waals surface area contributed by atoms with Crippen molar-refractivity contribution in [3.8, 4) is 11.3 Å². The fraction of sp³-hybridized carbons (Fsp3) is 0.250. The number of alkyl halides is 3. The number of benzene rings is 1. The number of nitrogens with one attached hydrogen (secondary N) is 1. The van der Waals surface area contributed by atoms with E-state index >= 15 is 0 Å². The zero-order chi connectivity index (χ0) is 20.1. The SMILES string of the molecule is CC[C@@H](Sc1ncc(-c2ccccc2)nn1)C(=O)Nc1nnc(C(F)(F)F)s1. The van der Waals surface area contributed by atoms with Gasteiger partial charge >= 0.3 is 6.18 Å². The zero-order valence-electron chi connectivity index (χ0n) is 14.3. The number of amides is 1. The predicted octanol–water partition coefficient (Wildman–Crippen LogP) is 3.92. The summed E-state index contributed by atoms with van der Waals surface area (Å²) in [6, 6.07) is 9.37. The molecular formula is C16H13F3N6OS2. The number of carbonyl (C=O) groups is 1. The summed E-state index contributed by atoms with van der Waals surface area (Å²) in [4.78, 5) is 16.5. The van der Waals surface area contributed by atoms with Crippen LogP contribution in [0.5, 0.6) is 0 Å². The Labute approximate surface area is 165 Å². The summed E-state index contributed by atoms with van der Waals surface area (Å²) in [5.74, 6) is -0.506. The van der Waals surface area contributed by atoms with E-state index in [0.29, 0.717) is 12.1 Å². The minimum atomic E-state index is -4.60. The van der Waals surface area contributed by atoms with E-state index in [4.69, 9.17) is 0 Å². The Bertz CT molecular complexity index is 934. The van der Waals surface area contributed by atoms with Gasteiger partial charge in [-0.1, -0.05) is 60.4 Å². The first kappa shape index (κ1) is 20.1. The van der Waals surface area contributed by atoms with Gasteiger partial charge in [0.05, 0.1) is 11.4 Å². The minimum Gasteiger partial charge on any atom is -0.300 e.